The highest BCUT2D eigenvalue weighted by atomic mass is 79.9. The first-order valence-corrected chi connectivity index (χ1v) is 7.50. The Morgan fingerprint density at radius 1 is 1.39 bits per heavy atom. The Labute approximate surface area is 118 Å². The van der Waals surface area contributed by atoms with Crippen LogP contribution in [0.2, 0.25) is 0 Å². The Morgan fingerprint density at radius 2 is 2.22 bits per heavy atom. The van der Waals surface area contributed by atoms with E-state index in [2.05, 4.69) is 15.9 Å². The normalized spacial score (nSPS) is 22.4. The van der Waals surface area contributed by atoms with E-state index in [1.807, 2.05) is 36.6 Å². The van der Waals surface area contributed by atoms with E-state index < -0.39 is 6.10 Å². The highest BCUT2D eigenvalue weighted by Crippen LogP contribution is 2.44. The SMILES string of the molecule is Cc1ccc2c(c1)C(O)CC(c1sccc1Br)O2. The van der Waals surface area contributed by atoms with Crippen LogP contribution in [0.5, 0.6) is 5.75 Å². The van der Waals surface area contributed by atoms with Gasteiger partial charge in [-0.3, -0.25) is 0 Å². The summed E-state index contributed by atoms with van der Waals surface area (Å²) in [5, 5.41) is 12.3. The number of benzene rings is 1. The quantitative estimate of drug-likeness (QED) is 0.843. The third-order valence-electron chi connectivity index (χ3n) is 3.17. The Morgan fingerprint density at radius 3 is 2.94 bits per heavy atom. The van der Waals surface area contributed by atoms with Crippen molar-refractivity contribution >= 4 is 27.3 Å². The smallest absolute Gasteiger partial charge is 0.137 e. The lowest BCUT2D eigenvalue weighted by Gasteiger charge is -2.29. The fourth-order valence-electron chi connectivity index (χ4n) is 2.26. The average Bonchev–Trinajstić information content (AvgIpc) is 2.76. The van der Waals surface area contributed by atoms with E-state index in [-0.39, 0.29) is 6.10 Å². The summed E-state index contributed by atoms with van der Waals surface area (Å²) in [4.78, 5) is 1.14. The molecule has 3 rings (SSSR count). The van der Waals surface area contributed by atoms with E-state index in [1.165, 1.54) is 0 Å². The number of aliphatic hydroxyl groups is 1. The second-order valence-corrected chi connectivity index (χ2v) is 6.33. The van der Waals surface area contributed by atoms with Crippen LogP contribution in [0.25, 0.3) is 0 Å². The molecule has 1 aromatic carbocycles. The molecule has 1 aliphatic rings. The van der Waals surface area contributed by atoms with Crippen molar-refractivity contribution in [1.82, 2.24) is 0 Å². The van der Waals surface area contributed by atoms with Gasteiger partial charge in [0.1, 0.15) is 11.9 Å². The largest absolute Gasteiger partial charge is 0.484 e. The molecule has 0 saturated heterocycles. The van der Waals surface area contributed by atoms with Gasteiger partial charge >= 0.3 is 0 Å². The maximum atomic E-state index is 10.3. The molecule has 1 N–H and O–H groups in total. The summed E-state index contributed by atoms with van der Waals surface area (Å²) >= 11 is 5.18. The van der Waals surface area contributed by atoms with Gasteiger partial charge in [0.2, 0.25) is 0 Å². The van der Waals surface area contributed by atoms with Crippen molar-refractivity contribution in [1.29, 1.82) is 0 Å². The number of rotatable bonds is 1. The number of aryl methyl sites for hydroxylation is 1. The van der Waals surface area contributed by atoms with Gasteiger partial charge in [-0.1, -0.05) is 11.6 Å². The number of hydrogen-bond donors (Lipinski definition) is 1. The van der Waals surface area contributed by atoms with Crippen LogP contribution in [0.15, 0.2) is 34.1 Å². The summed E-state index contributed by atoms with van der Waals surface area (Å²) in [6.07, 6.45) is 0.0903. The van der Waals surface area contributed by atoms with Gasteiger partial charge in [-0.05, 0) is 46.4 Å². The van der Waals surface area contributed by atoms with Gasteiger partial charge in [0.15, 0.2) is 0 Å². The van der Waals surface area contributed by atoms with E-state index in [4.69, 9.17) is 4.74 Å². The molecule has 2 unspecified atom stereocenters. The fraction of sp³-hybridized carbons (Fsp3) is 0.286. The van der Waals surface area contributed by atoms with Crippen molar-refractivity contribution < 1.29 is 9.84 Å². The van der Waals surface area contributed by atoms with Crippen LogP contribution in [0.4, 0.5) is 0 Å². The topological polar surface area (TPSA) is 29.5 Å². The molecule has 0 saturated carbocycles. The molecule has 18 heavy (non-hydrogen) atoms. The second kappa shape index (κ2) is 4.68. The molecule has 2 aromatic rings. The molecule has 0 fully saturated rings. The van der Waals surface area contributed by atoms with Crippen molar-refractivity contribution in [3.8, 4) is 5.75 Å². The van der Waals surface area contributed by atoms with Gasteiger partial charge in [-0.15, -0.1) is 11.3 Å². The van der Waals surface area contributed by atoms with Gasteiger partial charge in [0.25, 0.3) is 0 Å². The Hall–Kier alpha value is -0.840. The number of halogens is 1. The van der Waals surface area contributed by atoms with Crippen LogP contribution in [0.3, 0.4) is 0 Å². The van der Waals surface area contributed by atoms with Gasteiger partial charge < -0.3 is 9.84 Å². The van der Waals surface area contributed by atoms with Crippen LogP contribution in [-0.4, -0.2) is 5.11 Å². The molecular formula is C14H13BrO2S. The zero-order valence-corrected chi connectivity index (χ0v) is 12.3. The Balaban J connectivity index is 1.97. The lowest BCUT2D eigenvalue weighted by Crippen LogP contribution is -2.18. The zero-order chi connectivity index (χ0) is 12.7. The van der Waals surface area contributed by atoms with Crippen molar-refractivity contribution in [2.24, 2.45) is 0 Å². The highest BCUT2D eigenvalue weighted by Gasteiger charge is 2.29. The standard InChI is InChI=1S/C14H13BrO2S/c1-8-2-3-12-9(6-8)11(16)7-13(17-12)14-10(15)4-5-18-14/h2-6,11,13,16H,7H2,1H3. The molecule has 0 amide bonds. The molecule has 0 bridgehead atoms. The maximum Gasteiger partial charge on any atom is 0.137 e. The molecule has 2 heterocycles. The molecular weight excluding hydrogens is 312 g/mol. The summed E-state index contributed by atoms with van der Waals surface area (Å²) in [5.41, 5.74) is 2.05. The summed E-state index contributed by atoms with van der Waals surface area (Å²) in [7, 11) is 0. The van der Waals surface area contributed by atoms with Crippen molar-refractivity contribution in [2.75, 3.05) is 0 Å². The van der Waals surface area contributed by atoms with E-state index >= 15 is 0 Å². The second-order valence-electron chi connectivity index (χ2n) is 4.53. The van der Waals surface area contributed by atoms with Crippen molar-refractivity contribution in [3.63, 3.8) is 0 Å². The summed E-state index contributed by atoms with van der Waals surface area (Å²) in [6, 6.07) is 7.97. The molecule has 2 atom stereocenters. The Kier molecular flexibility index (Phi) is 3.18. The van der Waals surface area contributed by atoms with E-state index in [0.717, 1.165) is 26.2 Å². The third kappa shape index (κ3) is 2.09. The van der Waals surface area contributed by atoms with Crippen LogP contribution in [0, 0.1) is 6.92 Å². The highest BCUT2D eigenvalue weighted by molar-refractivity contribution is 9.10. The third-order valence-corrected chi connectivity index (χ3v) is 5.13. The van der Waals surface area contributed by atoms with E-state index in [9.17, 15) is 5.11 Å². The van der Waals surface area contributed by atoms with Gasteiger partial charge in [0.05, 0.1) is 11.0 Å². The minimum absolute atomic E-state index is 0.0652. The predicted octanol–water partition coefficient (Wildman–Crippen LogP) is 4.38. The van der Waals surface area contributed by atoms with Crippen LogP contribution < -0.4 is 4.74 Å². The molecule has 94 valence electrons. The summed E-state index contributed by atoms with van der Waals surface area (Å²) in [5.74, 6) is 0.796. The molecule has 1 aliphatic heterocycles. The summed E-state index contributed by atoms with van der Waals surface area (Å²) in [6.45, 7) is 2.02. The molecule has 0 spiro atoms. The molecule has 1 aromatic heterocycles. The van der Waals surface area contributed by atoms with Crippen molar-refractivity contribution in [3.05, 3.63) is 50.1 Å². The van der Waals surface area contributed by atoms with Crippen LogP contribution in [0.1, 0.15) is 34.6 Å². The molecule has 0 aliphatic carbocycles. The zero-order valence-electron chi connectivity index (χ0n) is 9.89. The van der Waals surface area contributed by atoms with E-state index in [0.29, 0.717) is 6.42 Å². The monoisotopic (exact) mass is 324 g/mol. The van der Waals surface area contributed by atoms with Gasteiger partial charge in [-0.2, -0.15) is 0 Å². The first kappa shape index (κ1) is 12.2. The minimum Gasteiger partial charge on any atom is -0.484 e. The number of ether oxygens (including phenoxy) is 1. The predicted molar refractivity (Wildman–Crippen MR) is 76.1 cm³/mol. The van der Waals surface area contributed by atoms with Crippen molar-refractivity contribution in [2.45, 2.75) is 25.6 Å². The fourth-order valence-corrected chi connectivity index (χ4v) is 3.93. The van der Waals surface area contributed by atoms with Crippen LogP contribution >= 0.6 is 27.3 Å². The lowest BCUT2D eigenvalue weighted by molar-refractivity contribution is 0.0671. The first-order chi connectivity index (χ1) is 8.65. The average molecular weight is 325 g/mol. The van der Waals surface area contributed by atoms with E-state index in [1.54, 1.807) is 11.3 Å². The molecule has 2 nitrogen and oxygen atoms in total. The van der Waals surface area contributed by atoms with Gasteiger partial charge in [0, 0.05) is 16.5 Å². The maximum absolute atomic E-state index is 10.3. The Bertz CT molecular complexity index is 579. The lowest BCUT2D eigenvalue weighted by atomic mass is 9.97. The summed E-state index contributed by atoms with van der Waals surface area (Å²) < 4.78 is 7.06. The number of fused-ring (bicyclic) bond motifs is 1. The van der Waals surface area contributed by atoms with Crippen LogP contribution in [-0.2, 0) is 0 Å². The first-order valence-electron chi connectivity index (χ1n) is 5.83. The molecule has 4 heteroatoms. The number of hydrogen-bond acceptors (Lipinski definition) is 3. The van der Waals surface area contributed by atoms with Gasteiger partial charge in [-0.25, -0.2) is 0 Å². The minimum atomic E-state index is -0.451. The number of aliphatic hydroxyl groups excluding tert-OH is 1. The number of thiophene rings is 1. The molecule has 0 radical (unpaired) electrons.